The van der Waals surface area contributed by atoms with Gasteiger partial charge < -0.3 is 10.2 Å². The zero-order valence-electron chi connectivity index (χ0n) is 16.4. The van der Waals surface area contributed by atoms with E-state index in [2.05, 4.69) is 13.8 Å². The second-order valence-electron chi connectivity index (χ2n) is 8.92. The van der Waals surface area contributed by atoms with Gasteiger partial charge in [0.2, 0.25) is 0 Å². The Kier molecular flexibility index (Phi) is 4.18. The van der Waals surface area contributed by atoms with Gasteiger partial charge in [-0.25, -0.2) is 0 Å². The monoisotopic (exact) mass is 391 g/mol. The van der Waals surface area contributed by atoms with Crippen molar-refractivity contribution in [3.8, 4) is 0 Å². The van der Waals surface area contributed by atoms with Gasteiger partial charge in [-0.05, 0) is 54.0 Å². The van der Waals surface area contributed by atoms with Crippen LogP contribution >= 0.6 is 0 Å². The number of aromatic nitrogens is 1. The lowest BCUT2D eigenvalue weighted by Gasteiger charge is -2.38. The fourth-order valence-electron chi connectivity index (χ4n) is 4.90. The number of aliphatic hydroxyl groups is 2. The van der Waals surface area contributed by atoms with Crippen LogP contribution in [0.1, 0.15) is 90.1 Å². The molecule has 3 atom stereocenters. The van der Waals surface area contributed by atoms with E-state index in [4.69, 9.17) is 4.98 Å². The SMILES string of the molecule is Cc1c2c(nc3c1C(O)c1ccc(C(F)(F)F)cc1C3C)CC(C)(C)CC2O. The third kappa shape index (κ3) is 2.85. The number of rotatable bonds is 0. The van der Waals surface area contributed by atoms with Gasteiger partial charge in [0.1, 0.15) is 6.10 Å². The van der Waals surface area contributed by atoms with E-state index in [-0.39, 0.29) is 11.3 Å². The molecule has 6 heteroatoms. The molecule has 2 N–H and O–H groups in total. The molecule has 28 heavy (non-hydrogen) atoms. The van der Waals surface area contributed by atoms with Gasteiger partial charge in [-0.2, -0.15) is 13.2 Å². The molecule has 3 nitrogen and oxygen atoms in total. The van der Waals surface area contributed by atoms with Crippen molar-refractivity contribution in [1.29, 1.82) is 0 Å². The second-order valence-corrected chi connectivity index (χ2v) is 8.92. The molecule has 150 valence electrons. The molecular weight excluding hydrogens is 367 g/mol. The molecule has 0 radical (unpaired) electrons. The van der Waals surface area contributed by atoms with Crippen LogP contribution in [0.15, 0.2) is 18.2 Å². The number of hydrogen-bond acceptors (Lipinski definition) is 3. The molecule has 1 aromatic heterocycles. The minimum Gasteiger partial charge on any atom is -0.388 e. The standard InChI is InChI=1S/C22H24F3NO2/c1-10-14-7-12(22(23,24)25)5-6-13(14)20(28)18-11(2)17-15(26-19(10)18)8-21(3,4)9-16(17)27/h5-7,10,16,20,27-28H,8-9H2,1-4H3. The van der Waals surface area contributed by atoms with Crippen molar-refractivity contribution in [2.75, 3.05) is 0 Å². The molecule has 2 aliphatic rings. The van der Waals surface area contributed by atoms with Crippen molar-refractivity contribution in [2.24, 2.45) is 5.41 Å². The Morgan fingerprint density at radius 3 is 2.43 bits per heavy atom. The first-order valence-corrected chi connectivity index (χ1v) is 9.51. The van der Waals surface area contributed by atoms with Crippen molar-refractivity contribution in [3.63, 3.8) is 0 Å². The smallest absolute Gasteiger partial charge is 0.388 e. The lowest BCUT2D eigenvalue weighted by atomic mass is 9.71. The molecule has 3 unspecified atom stereocenters. The van der Waals surface area contributed by atoms with Gasteiger partial charge in [0.25, 0.3) is 0 Å². The van der Waals surface area contributed by atoms with Crippen LogP contribution in [0, 0.1) is 12.3 Å². The van der Waals surface area contributed by atoms with E-state index < -0.39 is 23.9 Å². The summed E-state index contributed by atoms with van der Waals surface area (Å²) in [7, 11) is 0. The fraction of sp³-hybridized carbons (Fsp3) is 0.500. The first kappa shape index (κ1) is 19.4. The number of halogens is 3. The highest BCUT2D eigenvalue weighted by Gasteiger charge is 2.40. The van der Waals surface area contributed by atoms with Gasteiger partial charge in [-0.15, -0.1) is 0 Å². The number of alkyl halides is 3. The van der Waals surface area contributed by atoms with E-state index in [9.17, 15) is 23.4 Å². The van der Waals surface area contributed by atoms with E-state index in [1.54, 1.807) is 0 Å². The zero-order chi connectivity index (χ0) is 20.6. The molecule has 4 rings (SSSR count). The maximum Gasteiger partial charge on any atom is 0.416 e. The summed E-state index contributed by atoms with van der Waals surface area (Å²) in [4.78, 5) is 4.78. The minimum absolute atomic E-state index is 0.113. The van der Waals surface area contributed by atoms with E-state index in [0.717, 1.165) is 29.0 Å². The van der Waals surface area contributed by atoms with Crippen LogP contribution in [-0.4, -0.2) is 15.2 Å². The predicted molar refractivity (Wildman–Crippen MR) is 99.1 cm³/mol. The van der Waals surface area contributed by atoms with Gasteiger partial charge >= 0.3 is 6.18 Å². The van der Waals surface area contributed by atoms with E-state index in [0.29, 0.717) is 35.2 Å². The van der Waals surface area contributed by atoms with E-state index in [1.807, 2.05) is 13.8 Å². The second kappa shape index (κ2) is 6.04. The lowest BCUT2D eigenvalue weighted by molar-refractivity contribution is -0.137. The van der Waals surface area contributed by atoms with Crippen LogP contribution in [0.3, 0.4) is 0 Å². The van der Waals surface area contributed by atoms with Crippen molar-refractivity contribution < 1.29 is 23.4 Å². The fourth-order valence-corrected chi connectivity index (χ4v) is 4.90. The van der Waals surface area contributed by atoms with Crippen LogP contribution in [0.4, 0.5) is 13.2 Å². The largest absolute Gasteiger partial charge is 0.416 e. The van der Waals surface area contributed by atoms with Gasteiger partial charge in [0.05, 0.1) is 17.4 Å². The molecule has 0 bridgehead atoms. The number of benzene rings is 1. The number of pyridine rings is 1. The Balaban J connectivity index is 1.92. The number of nitrogens with zero attached hydrogens (tertiary/aromatic N) is 1. The van der Waals surface area contributed by atoms with E-state index >= 15 is 0 Å². The average Bonchev–Trinajstić information content (AvgIpc) is 2.56. The van der Waals surface area contributed by atoms with Crippen LogP contribution in [-0.2, 0) is 12.6 Å². The Labute approximate surface area is 162 Å². The van der Waals surface area contributed by atoms with Crippen LogP contribution in [0.5, 0.6) is 0 Å². The molecule has 1 heterocycles. The summed E-state index contributed by atoms with van der Waals surface area (Å²) in [6.45, 7) is 7.83. The summed E-state index contributed by atoms with van der Waals surface area (Å²) in [5.41, 5.74) is 3.68. The molecule has 2 aromatic rings. The van der Waals surface area contributed by atoms with E-state index in [1.165, 1.54) is 6.07 Å². The van der Waals surface area contributed by atoms with Gasteiger partial charge in [0, 0.05) is 22.7 Å². The third-order valence-electron chi connectivity index (χ3n) is 6.23. The van der Waals surface area contributed by atoms with Gasteiger partial charge in [-0.1, -0.05) is 26.8 Å². The molecule has 0 saturated carbocycles. The van der Waals surface area contributed by atoms with Crippen molar-refractivity contribution in [3.05, 3.63) is 63.0 Å². The normalized spacial score (nSPS) is 25.7. The summed E-state index contributed by atoms with van der Waals surface area (Å²) in [5.74, 6) is -0.373. The molecular formula is C22H24F3NO2. The third-order valence-corrected chi connectivity index (χ3v) is 6.23. The molecule has 0 aliphatic heterocycles. The Bertz CT molecular complexity index is 965. The Hall–Kier alpha value is -1.92. The molecule has 0 fully saturated rings. The lowest BCUT2D eigenvalue weighted by Crippen LogP contribution is -2.30. The van der Waals surface area contributed by atoms with Crippen molar-refractivity contribution in [1.82, 2.24) is 4.98 Å². The predicted octanol–water partition coefficient (Wildman–Crippen LogP) is 4.96. The van der Waals surface area contributed by atoms with Crippen molar-refractivity contribution in [2.45, 2.75) is 64.8 Å². The molecule has 0 saturated heterocycles. The highest BCUT2D eigenvalue weighted by molar-refractivity contribution is 5.55. The number of hydrogen-bond donors (Lipinski definition) is 2. The van der Waals surface area contributed by atoms with Crippen LogP contribution in [0.2, 0.25) is 0 Å². The Morgan fingerprint density at radius 1 is 1.11 bits per heavy atom. The highest BCUT2D eigenvalue weighted by atomic mass is 19.4. The summed E-state index contributed by atoms with van der Waals surface area (Å²) in [6, 6.07) is 3.50. The van der Waals surface area contributed by atoms with Crippen LogP contribution in [0.25, 0.3) is 0 Å². The van der Waals surface area contributed by atoms with Crippen LogP contribution < -0.4 is 0 Å². The van der Waals surface area contributed by atoms with Gasteiger partial charge in [-0.3, -0.25) is 4.98 Å². The summed E-state index contributed by atoms with van der Waals surface area (Å²) in [5, 5.41) is 21.7. The molecule has 1 aromatic carbocycles. The van der Waals surface area contributed by atoms with Crippen molar-refractivity contribution >= 4 is 0 Å². The quantitative estimate of drug-likeness (QED) is 0.667. The maximum atomic E-state index is 13.2. The molecule has 0 spiro atoms. The summed E-state index contributed by atoms with van der Waals surface area (Å²) < 4.78 is 39.6. The maximum absolute atomic E-state index is 13.2. The Morgan fingerprint density at radius 2 is 1.79 bits per heavy atom. The molecule has 0 amide bonds. The molecule has 2 aliphatic carbocycles. The summed E-state index contributed by atoms with van der Waals surface area (Å²) >= 11 is 0. The van der Waals surface area contributed by atoms with Gasteiger partial charge in [0.15, 0.2) is 0 Å². The topological polar surface area (TPSA) is 53.4 Å². The minimum atomic E-state index is -4.44. The zero-order valence-corrected chi connectivity index (χ0v) is 16.4. The number of fused-ring (bicyclic) bond motifs is 3. The number of aliphatic hydroxyl groups excluding tert-OH is 2. The first-order valence-electron chi connectivity index (χ1n) is 9.51. The average molecular weight is 391 g/mol. The first-order chi connectivity index (χ1) is 12.9. The highest BCUT2D eigenvalue weighted by Crippen LogP contribution is 2.49. The summed E-state index contributed by atoms with van der Waals surface area (Å²) in [6.07, 6.45) is -4.85.